The van der Waals surface area contributed by atoms with Crippen LogP contribution in [0.15, 0.2) is 30.3 Å². The SMILES string of the molecule is CCOC(=O)C(C)Nc1nc2ccccc2cc1C#N. The fraction of sp³-hybridized carbons (Fsp3) is 0.267. The van der Waals surface area contributed by atoms with Gasteiger partial charge in [-0.1, -0.05) is 18.2 Å². The van der Waals surface area contributed by atoms with Gasteiger partial charge in [0.25, 0.3) is 0 Å². The third kappa shape index (κ3) is 2.86. The van der Waals surface area contributed by atoms with Gasteiger partial charge < -0.3 is 10.1 Å². The number of esters is 1. The van der Waals surface area contributed by atoms with Crippen LogP contribution in [0.25, 0.3) is 10.9 Å². The van der Waals surface area contributed by atoms with Crippen molar-refractivity contribution in [3.05, 3.63) is 35.9 Å². The van der Waals surface area contributed by atoms with Crippen LogP contribution in [0.1, 0.15) is 19.4 Å². The molecule has 2 rings (SSSR count). The van der Waals surface area contributed by atoms with Crippen molar-refractivity contribution in [3.63, 3.8) is 0 Å². The summed E-state index contributed by atoms with van der Waals surface area (Å²) in [6.07, 6.45) is 0. The van der Waals surface area contributed by atoms with Crippen molar-refractivity contribution in [2.75, 3.05) is 11.9 Å². The van der Waals surface area contributed by atoms with Gasteiger partial charge in [0, 0.05) is 5.39 Å². The lowest BCUT2D eigenvalue weighted by Crippen LogP contribution is -2.29. The van der Waals surface area contributed by atoms with Gasteiger partial charge in [-0.05, 0) is 26.0 Å². The van der Waals surface area contributed by atoms with Gasteiger partial charge in [0.1, 0.15) is 17.9 Å². The highest BCUT2D eigenvalue weighted by atomic mass is 16.5. The third-order valence-electron chi connectivity index (χ3n) is 2.84. The van der Waals surface area contributed by atoms with Crippen LogP contribution in [0.4, 0.5) is 5.82 Å². The number of fused-ring (bicyclic) bond motifs is 1. The second-order valence-electron chi connectivity index (χ2n) is 4.31. The van der Waals surface area contributed by atoms with Crippen LogP contribution in [0.5, 0.6) is 0 Å². The Balaban J connectivity index is 2.33. The number of nitrogens with one attached hydrogen (secondary N) is 1. The lowest BCUT2D eigenvalue weighted by atomic mass is 10.1. The molecule has 1 heterocycles. The van der Waals surface area contributed by atoms with Crippen molar-refractivity contribution in [1.29, 1.82) is 5.26 Å². The van der Waals surface area contributed by atoms with E-state index < -0.39 is 6.04 Å². The number of carbonyl (C=O) groups is 1. The van der Waals surface area contributed by atoms with Crippen LogP contribution in [0.3, 0.4) is 0 Å². The molecule has 1 N–H and O–H groups in total. The fourth-order valence-corrected chi connectivity index (χ4v) is 1.84. The molecule has 2 aromatic rings. The van der Waals surface area contributed by atoms with Gasteiger partial charge in [-0.3, -0.25) is 0 Å². The van der Waals surface area contributed by atoms with Crippen LogP contribution in [0.2, 0.25) is 0 Å². The summed E-state index contributed by atoms with van der Waals surface area (Å²) in [4.78, 5) is 16.0. The Bertz CT molecular complexity index is 676. The average molecular weight is 269 g/mol. The van der Waals surface area contributed by atoms with E-state index in [9.17, 15) is 10.1 Å². The molecule has 0 amide bonds. The number of nitriles is 1. The minimum Gasteiger partial charge on any atom is -0.464 e. The van der Waals surface area contributed by atoms with E-state index in [0.717, 1.165) is 10.9 Å². The lowest BCUT2D eigenvalue weighted by molar-refractivity contribution is -0.143. The van der Waals surface area contributed by atoms with Crippen molar-refractivity contribution < 1.29 is 9.53 Å². The van der Waals surface area contributed by atoms with E-state index in [-0.39, 0.29) is 5.97 Å². The summed E-state index contributed by atoms with van der Waals surface area (Å²) in [5.74, 6) is 0.0260. The third-order valence-corrected chi connectivity index (χ3v) is 2.84. The van der Waals surface area contributed by atoms with Crippen molar-refractivity contribution in [2.45, 2.75) is 19.9 Å². The van der Waals surface area contributed by atoms with Gasteiger partial charge in [-0.2, -0.15) is 5.26 Å². The van der Waals surface area contributed by atoms with E-state index in [2.05, 4.69) is 16.4 Å². The van der Waals surface area contributed by atoms with Gasteiger partial charge in [-0.15, -0.1) is 0 Å². The predicted octanol–water partition coefficient (Wildman–Crippen LogP) is 2.47. The molecular weight excluding hydrogens is 254 g/mol. The van der Waals surface area contributed by atoms with E-state index in [1.807, 2.05) is 24.3 Å². The highest BCUT2D eigenvalue weighted by molar-refractivity contribution is 5.84. The molecule has 0 radical (unpaired) electrons. The molecule has 1 unspecified atom stereocenters. The fourth-order valence-electron chi connectivity index (χ4n) is 1.84. The monoisotopic (exact) mass is 269 g/mol. The zero-order valence-corrected chi connectivity index (χ0v) is 11.4. The van der Waals surface area contributed by atoms with Gasteiger partial charge in [0.15, 0.2) is 0 Å². The average Bonchev–Trinajstić information content (AvgIpc) is 2.46. The van der Waals surface area contributed by atoms with E-state index in [0.29, 0.717) is 18.0 Å². The van der Waals surface area contributed by atoms with E-state index >= 15 is 0 Å². The molecule has 5 heteroatoms. The number of hydrogen-bond donors (Lipinski definition) is 1. The topological polar surface area (TPSA) is 75.0 Å². The maximum absolute atomic E-state index is 11.6. The Morgan fingerprint density at radius 2 is 2.25 bits per heavy atom. The van der Waals surface area contributed by atoms with Crippen molar-refractivity contribution in [2.24, 2.45) is 0 Å². The summed E-state index contributed by atoms with van der Waals surface area (Å²) in [5, 5.41) is 13.0. The number of pyridine rings is 1. The quantitative estimate of drug-likeness (QED) is 0.863. The molecule has 0 fully saturated rings. The zero-order chi connectivity index (χ0) is 14.5. The lowest BCUT2D eigenvalue weighted by Gasteiger charge is -2.14. The van der Waals surface area contributed by atoms with E-state index in [4.69, 9.17) is 4.74 Å². The van der Waals surface area contributed by atoms with Gasteiger partial charge in [0.2, 0.25) is 0 Å². The Morgan fingerprint density at radius 3 is 2.95 bits per heavy atom. The van der Waals surface area contributed by atoms with Crippen molar-refractivity contribution in [1.82, 2.24) is 4.98 Å². The Kier molecular flexibility index (Phi) is 4.16. The van der Waals surface area contributed by atoms with Gasteiger partial charge in [0.05, 0.1) is 17.7 Å². The van der Waals surface area contributed by atoms with Gasteiger partial charge >= 0.3 is 5.97 Å². The molecule has 0 bridgehead atoms. The molecule has 102 valence electrons. The summed E-state index contributed by atoms with van der Waals surface area (Å²) in [6.45, 7) is 3.75. The number of para-hydroxylation sites is 1. The van der Waals surface area contributed by atoms with E-state index in [1.165, 1.54) is 0 Å². The van der Waals surface area contributed by atoms with E-state index in [1.54, 1.807) is 19.9 Å². The summed E-state index contributed by atoms with van der Waals surface area (Å²) in [6, 6.07) is 10.8. The molecule has 1 atom stereocenters. The van der Waals surface area contributed by atoms with Crippen molar-refractivity contribution in [3.8, 4) is 6.07 Å². The minimum atomic E-state index is -0.560. The molecule has 0 saturated heterocycles. The molecule has 1 aromatic heterocycles. The molecule has 20 heavy (non-hydrogen) atoms. The normalized spacial score (nSPS) is 11.7. The molecule has 5 nitrogen and oxygen atoms in total. The number of ether oxygens (including phenoxy) is 1. The zero-order valence-electron chi connectivity index (χ0n) is 11.4. The summed E-state index contributed by atoms with van der Waals surface area (Å²) >= 11 is 0. The first-order valence-corrected chi connectivity index (χ1v) is 6.38. The first kappa shape index (κ1) is 13.8. The minimum absolute atomic E-state index is 0.321. The molecule has 0 aliphatic heterocycles. The van der Waals surface area contributed by atoms with Crippen LogP contribution in [-0.2, 0) is 9.53 Å². The standard InChI is InChI=1S/C15H15N3O2/c1-3-20-15(19)10(2)17-14-12(9-16)8-11-6-4-5-7-13(11)18-14/h4-8,10H,3H2,1-2H3,(H,17,18). The second kappa shape index (κ2) is 6.02. The first-order valence-electron chi connectivity index (χ1n) is 6.38. The number of hydrogen-bond acceptors (Lipinski definition) is 5. The largest absolute Gasteiger partial charge is 0.464 e. The Labute approximate surface area is 117 Å². The summed E-state index contributed by atoms with van der Waals surface area (Å²) in [7, 11) is 0. The number of nitrogens with zero attached hydrogens (tertiary/aromatic N) is 2. The number of benzene rings is 1. The molecule has 0 aliphatic rings. The molecular formula is C15H15N3O2. The summed E-state index contributed by atoms with van der Waals surface area (Å²) < 4.78 is 4.92. The maximum atomic E-state index is 11.6. The highest BCUT2D eigenvalue weighted by Gasteiger charge is 2.16. The number of carbonyl (C=O) groups excluding carboxylic acids is 1. The number of rotatable bonds is 4. The van der Waals surface area contributed by atoms with Crippen LogP contribution < -0.4 is 5.32 Å². The predicted molar refractivity (Wildman–Crippen MR) is 76.2 cm³/mol. The van der Waals surface area contributed by atoms with Gasteiger partial charge in [-0.25, -0.2) is 9.78 Å². The summed E-state index contributed by atoms with van der Waals surface area (Å²) in [5.41, 5.74) is 1.17. The second-order valence-corrected chi connectivity index (χ2v) is 4.31. The number of aromatic nitrogens is 1. The Hall–Kier alpha value is -2.61. The maximum Gasteiger partial charge on any atom is 0.328 e. The first-order chi connectivity index (χ1) is 9.65. The smallest absolute Gasteiger partial charge is 0.328 e. The number of anilines is 1. The van der Waals surface area contributed by atoms with Crippen molar-refractivity contribution >= 4 is 22.7 Å². The molecule has 0 spiro atoms. The molecule has 1 aromatic carbocycles. The molecule has 0 aliphatic carbocycles. The van der Waals surface area contributed by atoms with Crippen LogP contribution in [-0.4, -0.2) is 23.6 Å². The molecule has 0 saturated carbocycles. The van der Waals surface area contributed by atoms with Crippen LogP contribution >= 0.6 is 0 Å². The Morgan fingerprint density at radius 1 is 1.50 bits per heavy atom. The van der Waals surface area contributed by atoms with Crippen LogP contribution in [0, 0.1) is 11.3 Å². The highest BCUT2D eigenvalue weighted by Crippen LogP contribution is 2.20.